The Morgan fingerprint density at radius 2 is 1.95 bits per heavy atom. The molecular formula is C15H20ClN3O2S. The van der Waals surface area contributed by atoms with Crippen molar-refractivity contribution in [3.8, 4) is 0 Å². The molecule has 0 bridgehead atoms. The third kappa shape index (κ3) is 3.10. The normalized spacial score (nSPS) is 17.3. The van der Waals surface area contributed by atoms with E-state index >= 15 is 0 Å². The molecule has 1 fully saturated rings. The second-order valence-electron chi connectivity index (χ2n) is 5.32. The molecule has 7 heteroatoms. The predicted molar refractivity (Wildman–Crippen MR) is 89.8 cm³/mol. The lowest BCUT2D eigenvalue weighted by atomic mass is 10.1. The van der Waals surface area contributed by atoms with E-state index in [9.17, 15) is 8.42 Å². The lowest BCUT2D eigenvalue weighted by molar-refractivity contribution is 0.298. The highest BCUT2D eigenvalue weighted by atomic mass is 35.5. The van der Waals surface area contributed by atoms with Crippen LogP contribution in [0.3, 0.4) is 0 Å². The van der Waals surface area contributed by atoms with E-state index in [4.69, 9.17) is 0 Å². The van der Waals surface area contributed by atoms with Gasteiger partial charge >= 0.3 is 0 Å². The van der Waals surface area contributed by atoms with Gasteiger partial charge in [-0.05, 0) is 32.0 Å². The molecule has 2 heterocycles. The summed E-state index contributed by atoms with van der Waals surface area (Å²) in [7, 11) is -1.52. The summed E-state index contributed by atoms with van der Waals surface area (Å²) in [5.41, 5.74) is 0. The maximum atomic E-state index is 12.9. The Balaban J connectivity index is 0.00000176. The highest BCUT2D eigenvalue weighted by molar-refractivity contribution is 7.89. The minimum Gasteiger partial charge on any atom is -0.317 e. The third-order valence-electron chi connectivity index (χ3n) is 4.12. The fourth-order valence-corrected chi connectivity index (χ4v) is 4.53. The van der Waals surface area contributed by atoms with Gasteiger partial charge in [-0.25, -0.2) is 8.42 Å². The van der Waals surface area contributed by atoms with Crippen molar-refractivity contribution in [2.75, 3.05) is 20.1 Å². The first-order chi connectivity index (χ1) is 10.1. The molecule has 1 aliphatic heterocycles. The fourth-order valence-electron chi connectivity index (χ4n) is 2.84. The van der Waals surface area contributed by atoms with Gasteiger partial charge in [0.25, 0.3) is 0 Å². The van der Waals surface area contributed by atoms with Crippen LogP contribution in [0.25, 0.3) is 10.8 Å². The first-order valence-corrected chi connectivity index (χ1v) is 8.57. The summed E-state index contributed by atoms with van der Waals surface area (Å²) in [6.45, 7) is 1.13. The third-order valence-corrected chi connectivity index (χ3v) is 6.08. The number of hydrogen-bond donors (Lipinski definition) is 1. The molecule has 0 aliphatic carbocycles. The molecule has 5 nitrogen and oxygen atoms in total. The summed E-state index contributed by atoms with van der Waals surface area (Å²) in [5.74, 6) is 0. The van der Waals surface area contributed by atoms with Gasteiger partial charge in [-0.2, -0.15) is 4.31 Å². The molecule has 1 aromatic heterocycles. The zero-order chi connectivity index (χ0) is 14.9. The van der Waals surface area contributed by atoms with E-state index in [1.807, 2.05) is 13.1 Å². The van der Waals surface area contributed by atoms with Crippen molar-refractivity contribution >= 4 is 33.2 Å². The number of halogens is 1. The number of hydrogen-bond acceptors (Lipinski definition) is 4. The molecule has 22 heavy (non-hydrogen) atoms. The zero-order valence-electron chi connectivity index (χ0n) is 12.4. The van der Waals surface area contributed by atoms with Crippen LogP contribution in [-0.2, 0) is 10.0 Å². The lowest BCUT2D eigenvalue weighted by Gasteiger charge is -2.31. The van der Waals surface area contributed by atoms with Gasteiger partial charge in [-0.1, -0.05) is 12.1 Å². The van der Waals surface area contributed by atoms with E-state index in [1.54, 1.807) is 34.9 Å². The van der Waals surface area contributed by atoms with Gasteiger partial charge in [0, 0.05) is 42.3 Å². The highest BCUT2D eigenvalue weighted by Crippen LogP contribution is 2.27. The molecule has 0 spiro atoms. The Morgan fingerprint density at radius 3 is 2.64 bits per heavy atom. The van der Waals surface area contributed by atoms with Crippen molar-refractivity contribution in [1.29, 1.82) is 0 Å². The van der Waals surface area contributed by atoms with Gasteiger partial charge in [0.2, 0.25) is 10.0 Å². The maximum Gasteiger partial charge on any atom is 0.243 e. The number of fused-ring (bicyclic) bond motifs is 1. The molecule has 0 amide bonds. The van der Waals surface area contributed by atoms with Gasteiger partial charge in [0.1, 0.15) is 0 Å². The average Bonchev–Trinajstić information content (AvgIpc) is 2.54. The van der Waals surface area contributed by atoms with Gasteiger partial charge in [-0.3, -0.25) is 4.98 Å². The van der Waals surface area contributed by atoms with E-state index in [0.717, 1.165) is 23.6 Å². The van der Waals surface area contributed by atoms with Crippen LogP contribution in [0.5, 0.6) is 0 Å². The molecule has 0 radical (unpaired) electrons. The van der Waals surface area contributed by atoms with Crippen LogP contribution >= 0.6 is 12.4 Å². The molecule has 1 aromatic carbocycles. The van der Waals surface area contributed by atoms with Crippen molar-refractivity contribution in [3.05, 3.63) is 36.7 Å². The number of rotatable bonds is 3. The average molecular weight is 342 g/mol. The molecule has 0 unspecified atom stereocenters. The van der Waals surface area contributed by atoms with Crippen molar-refractivity contribution in [2.24, 2.45) is 0 Å². The molecule has 3 rings (SSSR count). The van der Waals surface area contributed by atoms with Crippen LogP contribution in [0.15, 0.2) is 41.6 Å². The SMILES string of the molecule is CNC1CCN(S(=O)(=O)c2cccc3cnccc23)CC1.Cl. The molecule has 2 aromatic rings. The number of sulfonamides is 1. The molecular weight excluding hydrogens is 322 g/mol. The van der Waals surface area contributed by atoms with E-state index in [-0.39, 0.29) is 12.4 Å². The topological polar surface area (TPSA) is 62.3 Å². The van der Waals surface area contributed by atoms with Gasteiger partial charge < -0.3 is 5.32 Å². The molecule has 120 valence electrons. The van der Waals surface area contributed by atoms with Gasteiger partial charge in [0.15, 0.2) is 0 Å². The number of nitrogens with one attached hydrogen (secondary N) is 1. The predicted octanol–water partition coefficient (Wildman–Crippen LogP) is 2.03. The maximum absolute atomic E-state index is 12.9. The summed E-state index contributed by atoms with van der Waals surface area (Å²) >= 11 is 0. The Hall–Kier alpha value is -1.21. The molecule has 0 saturated carbocycles. The molecule has 1 saturated heterocycles. The second-order valence-corrected chi connectivity index (χ2v) is 7.23. The molecule has 0 atom stereocenters. The first-order valence-electron chi connectivity index (χ1n) is 7.13. The minimum atomic E-state index is -3.44. The van der Waals surface area contributed by atoms with Crippen molar-refractivity contribution < 1.29 is 8.42 Å². The summed E-state index contributed by atoms with van der Waals surface area (Å²) < 4.78 is 27.4. The summed E-state index contributed by atoms with van der Waals surface area (Å²) in [6.07, 6.45) is 5.03. The highest BCUT2D eigenvalue weighted by Gasteiger charge is 2.29. The lowest BCUT2D eigenvalue weighted by Crippen LogP contribution is -2.43. The summed E-state index contributed by atoms with van der Waals surface area (Å²) in [4.78, 5) is 4.43. The van der Waals surface area contributed by atoms with Crippen LogP contribution in [0.4, 0.5) is 0 Å². The largest absolute Gasteiger partial charge is 0.317 e. The summed E-state index contributed by atoms with van der Waals surface area (Å²) in [6, 6.07) is 7.52. The Kier molecular flexibility index (Phi) is 5.39. The standard InChI is InChI=1S/C15H19N3O2S.ClH/c1-16-13-6-9-18(10-7-13)21(19,20)15-4-2-3-12-11-17-8-5-14(12)15;/h2-5,8,11,13,16H,6-7,9-10H2,1H3;1H. The number of pyridine rings is 1. The molecule has 1 N–H and O–H groups in total. The van der Waals surface area contributed by atoms with Crippen LogP contribution < -0.4 is 5.32 Å². The van der Waals surface area contributed by atoms with E-state index in [1.165, 1.54) is 0 Å². The number of piperidine rings is 1. The van der Waals surface area contributed by atoms with E-state index in [2.05, 4.69) is 10.3 Å². The Morgan fingerprint density at radius 1 is 1.23 bits per heavy atom. The zero-order valence-corrected chi connectivity index (χ0v) is 14.0. The minimum absolute atomic E-state index is 0. The smallest absolute Gasteiger partial charge is 0.243 e. The number of aromatic nitrogens is 1. The van der Waals surface area contributed by atoms with Crippen molar-refractivity contribution in [1.82, 2.24) is 14.6 Å². The summed E-state index contributed by atoms with van der Waals surface area (Å²) in [5, 5.41) is 4.81. The fraction of sp³-hybridized carbons (Fsp3) is 0.400. The van der Waals surface area contributed by atoms with Crippen LogP contribution in [-0.4, -0.2) is 43.9 Å². The van der Waals surface area contributed by atoms with Crippen LogP contribution in [0.2, 0.25) is 0 Å². The van der Waals surface area contributed by atoms with Crippen molar-refractivity contribution in [3.63, 3.8) is 0 Å². The van der Waals surface area contributed by atoms with E-state index in [0.29, 0.717) is 24.0 Å². The van der Waals surface area contributed by atoms with Crippen molar-refractivity contribution in [2.45, 2.75) is 23.8 Å². The number of benzene rings is 1. The van der Waals surface area contributed by atoms with Crippen LogP contribution in [0, 0.1) is 0 Å². The van der Waals surface area contributed by atoms with E-state index < -0.39 is 10.0 Å². The first kappa shape index (κ1) is 17.1. The molecule has 1 aliphatic rings. The Bertz CT molecular complexity index is 738. The quantitative estimate of drug-likeness (QED) is 0.928. The van der Waals surface area contributed by atoms with Gasteiger partial charge in [-0.15, -0.1) is 12.4 Å². The monoisotopic (exact) mass is 341 g/mol. The number of nitrogens with zero attached hydrogens (tertiary/aromatic N) is 2. The van der Waals surface area contributed by atoms with Gasteiger partial charge in [0.05, 0.1) is 4.90 Å². The Labute approximate surface area is 137 Å². The van der Waals surface area contributed by atoms with Crippen LogP contribution in [0.1, 0.15) is 12.8 Å². The second kappa shape index (κ2) is 6.91.